The summed E-state index contributed by atoms with van der Waals surface area (Å²) in [6.45, 7) is 10.3. The molecule has 0 aliphatic heterocycles. The number of esters is 1. The van der Waals surface area contributed by atoms with E-state index in [4.69, 9.17) is 4.74 Å². The van der Waals surface area contributed by atoms with Crippen molar-refractivity contribution >= 4 is 17.7 Å². The van der Waals surface area contributed by atoms with Crippen LogP contribution in [-0.4, -0.2) is 39.5 Å². The van der Waals surface area contributed by atoms with Crippen molar-refractivity contribution in [2.45, 2.75) is 53.3 Å². The molecule has 0 bridgehead atoms. The van der Waals surface area contributed by atoms with Gasteiger partial charge < -0.3 is 9.47 Å². The molecule has 2 rings (SSSR count). The van der Waals surface area contributed by atoms with Crippen molar-refractivity contribution in [3.63, 3.8) is 0 Å². The number of alkyl halides is 3. The number of rotatable bonds is 3. The van der Waals surface area contributed by atoms with Crippen LogP contribution in [0.4, 0.5) is 23.7 Å². The number of anilines is 1. The van der Waals surface area contributed by atoms with Gasteiger partial charge in [0.25, 0.3) is 0 Å². The van der Waals surface area contributed by atoms with Gasteiger partial charge in [-0.05, 0) is 39.3 Å². The van der Waals surface area contributed by atoms with Crippen LogP contribution >= 0.6 is 0 Å². The van der Waals surface area contributed by atoms with Gasteiger partial charge in [0.15, 0.2) is 5.69 Å². The van der Waals surface area contributed by atoms with Crippen molar-refractivity contribution in [3.8, 4) is 11.4 Å². The highest BCUT2D eigenvalue weighted by atomic mass is 19.4. The Morgan fingerprint density at radius 1 is 1.13 bits per heavy atom. The van der Waals surface area contributed by atoms with Gasteiger partial charge in [-0.1, -0.05) is 13.8 Å². The van der Waals surface area contributed by atoms with E-state index in [0.29, 0.717) is 11.6 Å². The Bertz CT molecular complexity index is 947. The van der Waals surface area contributed by atoms with E-state index in [9.17, 15) is 22.8 Å². The Kier molecular flexibility index (Phi) is 8.19. The number of pyridine rings is 1. The number of halogens is 3. The largest absolute Gasteiger partial charge is 0.464 e. The maximum atomic E-state index is 13.7. The molecule has 0 saturated heterocycles. The third-order valence-corrected chi connectivity index (χ3v) is 3.58. The molecular weight excluding hydrogens is 417 g/mol. The maximum Gasteiger partial charge on any atom is 0.418 e. The lowest BCUT2D eigenvalue weighted by Crippen LogP contribution is -2.28. The number of aromatic nitrogens is 3. The van der Waals surface area contributed by atoms with Crippen LogP contribution in [0.3, 0.4) is 0 Å². The fourth-order valence-corrected chi connectivity index (χ4v) is 2.51. The highest BCUT2D eigenvalue weighted by Gasteiger charge is 2.38. The first-order valence-electron chi connectivity index (χ1n) is 9.44. The van der Waals surface area contributed by atoms with Crippen LogP contribution in [0.15, 0.2) is 12.3 Å². The molecule has 0 saturated carbocycles. The molecule has 0 aliphatic rings. The molecule has 1 amide bonds. The fourth-order valence-electron chi connectivity index (χ4n) is 2.51. The topological polar surface area (TPSA) is 95.3 Å². The zero-order valence-electron chi connectivity index (χ0n) is 18.8. The lowest BCUT2D eigenvalue weighted by atomic mass is 10.1. The molecule has 0 atom stereocenters. The first-order valence-corrected chi connectivity index (χ1v) is 9.44. The Morgan fingerprint density at radius 2 is 1.71 bits per heavy atom. The third kappa shape index (κ3) is 6.69. The summed E-state index contributed by atoms with van der Waals surface area (Å²) in [5, 5.41) is 6.15. The van der Waals surface area contributed by atoms with Crippen molar-refractivity contribution in [3.05, 3.63) is 29.1 Å². The molecule has 172 valence electrons. The predicted molar refractivity (Wildman–Crippen MR) is 109 cm³/mol. The van der Waals surface area contributed by atoms with Crippen LogP contribution in [0.1, 0.15) is 56.2 Å². The van der Waals surface area contributed by atoms with E-state index in [1.807, 2.05) is 13.8 Å². The summed E-state index contributed by atoms with van der Waals surface area (Å²) in [5.74, 6) is -1.03. The molecule has 2 aromatic heterocycles. The highest BCUT2D eigenvalue weighted by Crippen LogP contribution is 2.39. The lowest BCUT2D eigenvalue weighted by molar-refractivity contribution is -0.137. The SMILES string of the molecule is CC.COC(=O)c1nc(-c2nn(C)cc2C)c(C(F)(F)F)cc1NC(=O)OC(C)(C)C. The van der Waals surface area contributed by atoms with Gasteiger partial charge in [-0.2, -0.15) is 18.3 Å². The van der Waals surface area contributed by atoms with E-state index >= 15 is 0 Å². The summed E-state index contributed by atoms with van der Waals surface area (Å²) in [4.78, 5) is 28.1. The van der Waals surface area contributed by atoms with E-state index in [1.54, 1.807) is 34.7 Å². The zero-order valence-corrected chi connectivity index (χ0v) is 18.8. The predicted octanol–water partition coefficient (Wildman–Crippen LogP) is 4.97. The van der Waals surface area contributed by atoms with Crippen LogP contribution in [0.2, 0.25) is 0 Å². The first-order chi connectivity index (χ1) is 14.2. The van der Waals surface area contributed by atoms with E-state index < -0.39 is 46.5 Å². The van der Waals surface area contributed by atoms with Crippen molar-refractivity contribution in [2.75, 3.05) is 12.4 Å². The Morgan fingerprint density at radius 3 is 2.13 bits per heavy atom. The average molecular weight is 444 g/mol. The Labute approximate surface area is 178 Å². The van der Waals surface area contributed by atoms with Crippen LogP contribution in [0, 0.1) is 6.92 Å². The van der Waals surface area contributed by atoms with Gasteiger partial charge >= 0.3 is 18.2 Å². The molecule has 1 N–H and O–H groups in total. The van der Waals surface area contributed by atoms with Crippen LogP contribution in [-0.2, 0) is 22.7 Å². The minimum absolute atomic E-state index is 0.0474. The van der Waals surface area contributed by atoms with Crippen molar-refractivity contribution in [1.82, 2.24) is 14.8 Å². The summed E-state index contributed by atoms with van der Waals surface area (Å²) in [5.41, 5.74) is -3.24. The number of carbonyl (C=O) groups is 2. The number of hydrogen-bond acceptors (Lipinski definition) is 6. The minimum Gasteiger partial charge on any atom is -0.464 e. The van der Waals surface area contributed by atoms with Gasteiger partial charge in [0.2, 0.25) is 0 Å². The molecule has 31 heavy (non-hydrogen) atoms. The Balaban J connectivity index is 0.00000233. The second kappa shape index (κ2) is 9.80. The lowest BCUT2D eigenvalue weighted by Gasteiger charge is -2.21. The molecular formula is C20H27F3N4O4. The van der Waals surface area contributed by atoms with Gasteiger partial charge in [0.05, 0.1) is 18.4 Å². The molecule has 2 heterocycles. The second-order valence-electron chi connectivity index (χ2n) is 7.23. The van der Waals surface area contributed by atoms with Gasteiger partial charge in [0, 0.05) is 13.2 Å². The van der Waals surface area contributed by atoms with E-state index in [2.05, 4.69) is 20.1 Å². The van der Waals surface area contributed by atoms with Gasteiger partial charge in [-0.3, -0.25) is 10.00 Å². The standard InChI is InChI=1S/C18H21F3N4O4.C2H6/c1-9-8-25(5)24-12(9)13-10(18(19,20)21)7-11(14(23-13)15(26)28-6)22-16(27)29-17(2,3)4;1-2/h7-8H,1-6H3,(H,22,27);1-2H3. The normalized spacial score (nSPS) is 11.3. The van der Waals surface area contributed by atoms with Crippen molar-refractivity contribution < 1.29 is 32.2 Å². The molecule has 0 fully saturated rings. The van der Waals surface area contributed by atoms with E-state index in [1.165, 1.54) is 10.9 Å². The smallest absolute Gasteiger partial charge is 0.418 e. The highest BCUT2D eigenvalue weighted by molar-refractivity contribution is 5.99. The monoisotopic (exact) mass is 444 g/mol. The molecule has 0 spiro atoms. The van der Waals surface area contributed by atoms with Crippen LogP contribution in [0.25, 0.3) is 11.4 Å². The number of hydrogen-bond donors (Lipinski definition) is 1. The molecule has 8 nitrogen and oxygen atoms in total. The molecule has 0 aromatic carbocycles. The number of methoxy groups -OCH3 is 1. The van der Waals surface area contributed by atoms with Gasteiger partial charge in [-0.15, -0.1) is 0 Å². The molecule has 0 aliphatic carbocycles. The molecule has 0 radical (unpaired) electrons. The molecule has 0 unspecified atom stereocenters. The Hall–Kier alpha value is -3.11. The zero-order chi connectivity index (χ0) is 24.1. The van der Waals surface area contributed by atoms with E-state index in [0.717, 1.165) is 7.11 Å². The summed E-state index contributed by atoms with van der Waals surface area (Å²) in [6.07, 6.45) is -4.35. The summed E-state index contributed by atoms with van der Waals surface area (Å²) < 4.78 is 52.2. The quantitative estimate of drug-likeness (QED) is 0.672. The number of nitrogens with zero attached hydrogens (tertiary/aromatic N) is 3. The van der Waals surface area contributed by atoms with Crippen LogP contribution < -0.4 is 5.32 Å². The number of nitrogens with one attached hydrogen (secondary N) is 1. The van der Waals surface area contributed by atoms with Crippen molar-refractivity contribution in [2.24, 2.45) is 7.05 Å². The van der Waals surface area contributed by atoms with Crippen LogP contribution in [0.5, 0.6) is 0 Å². The minimum atomic E-state index is -4.83. The summed E-state index contributed by atoms with van der Waals surface area (Å²) >= 11 is 0. The molecule has 11 heteroatoms. The first kappa shape index (κ1) is 25.9. The van der Waals surface area contributed by atoms with Crippen molar-refractivity contribution in [1.29, 1.82) is 0 Å². The number of carbonyl (C=O) groups excluding carboxylic acids is 2. The van der Waals surface area contributed by atoms with Gasteiger partial charge in [0.1, 0.15) is 17.0 Å². The average Bonchev–Trinajstić information content (AvgIpc) is 2.98. The number of aryl methyl sites for hydroxylation is 2. The number of amides is 1. The third-order valence-electron chi connectivity index (χ3n) is 3.58. The summed E-state index contributed by atoms with van der Waals surface area (Å²) in [7, 11) is 2.59. The van der Waals surface area contributed by atoms with E-state index in [-0.39, 0.29) is 5.69 Å². The second-order valence-corrected chi connectivity index (χ2v) is 7.23. The molecule has 2 aromatic rings. The number of ether oxygens (including phenoxy) is 2. The van der Waals surface area contributed by atoms with Gasteiger partial charge in [-0.25, -0.2) is 14.6 Å². The summed E-state index contributed by atoms with van der Waals surface area (Å²) in [6, 6.07) is 0.618. The fraction of sp³-hybridized carbons (Fsp3) is 0.500. The maximum absolute atomic E-state index is 13.7.